The molecule has 0 unspecified atom stereocenters. The van der Waals surface area contributed by atoms with Crippen LogP contribution >= 0.6 is 0 Å². The Morgan fingerprint density at radius 3 is 2.74 bits per heavy atom. The second-order valence-corrected chi connectivity index (χ2v) is 4.91. The van der Waals surface area contributed by atoms with E-state index in [0.29, 0.717) is 5.69 Å². The van der Waals surface area contributed by atoms with Crippen LogP contribution in [0.25, 0.3) is 0 Å². The lowest BCUT2D eigenvalue weighted by Crippen LogP contribution is -2.36. The summed E-state index contributed by atoms with van der Waals surface area (Å²) < 4.78 is 1.22. The normalized spacial score (nSPS) is 10.2. The van der Waals surface area contributed by atoms with Crippen molar-refractivity contribution in [2.75, 3.05) is 5.32 Å². The van der Waals surface area contributed by atoms with Crippen LogP contribution in [0.4, 0.5) is 16.3 Å². The van der Waals surface area contributed by atoms with Crippen LogP contribution in [0.2, 0.25) is 0 Å². The van der Waals surface area contributed by atoms with Crippen LogP contribution in [0.15, 0.2) is 30.7 Å². The number of nitrogens with zero attached hydrogens (tertiary/aromatic N) is 3. The number of rotatable bonds is 4. The number of aromatic nitrogens is 2. The number of carbonyl (C=O) groups excluding carboxylic acids is 2. The summed E-state index contributed by atoms with van der Waals surface area (Å²) in [6, 6.07) is 4.77. The zero-order valence-electron chi connectivity index (χ0n) is 12.6. The molecule has 9 heteroatoms. The molecular weight excluding hydrogens is 302 g/mol. The molecule has 0 aliphatic heterocycles. The van der Waals surface area contributed by atoms with Gasteiger partial charge in [-0.05, 0) is 40.9 Å². The maximum Gasteiger partial charge on any atom is 0.381 e. The van der Waals surface area contributed by atoms with Gasteiger partial charge in [-0.15, -0.1) is 0 Å². The molecule has 0 aliphatic carbocycles. The van der Waals surface area contributed by atoms with E-state index in [1.165, 1.54) is 4.57 Å². The summed E-state index contributed by atoms with van der Waals surface area (Å²) in [7, 11) is 0. The van der Waals surface area contributed by atoms with Gasteiger partial charge in [-0.2, -0.15) is 0 Å². The topological polar surface area (TPSA) is 119 Å². The molecule has 2 N–H and O–H groups in total. The number of benzene rings is 1. The van der Waals surface area contributed by atoms with Crippen molar-refractivity contribution >= 4 is 23.4 Å². The minimum absolute atomic E-state index is 0.249. The summed E-state index contributed by atoms with van der Waals surface area (Å²) >= 11 is 0. The van der Waals surface area contributed by atoms with Crippen molar-refractivity contribution < 1.29 is 14.5 Å². The average Bonchev–Trinajstić information content (AvgIpc) is 2.92. The first-order valence-corrected chi connectivity index (χ1v) is 6.70. The second kappa shape index (κ2) is 6.69. The summed E-state index contributed by atoms with van der Waals surface area (Å²) in [4.78, 5) is 36.9. The van der Waals surface area contributed by atoms with Crippen molar-refractivity contribution in [1.29, 1.82) is 0 Å². The molecule has 0 fully saturated rings. The predicted molar refractivity (Wildman–Crippen MR) is 82.0 cm³/mol. The van der Waals surface area contributed by atoms with Crippen LogP contribution in [0.1, 0.15) is 11.1 Å². The minimum atomic E-state index is -0.668. The summed E-state index contributed by atoms with van der Waals surface area (Å²) in [5.74, 6) is -0.974. The molecule has 0 radical (unpaired) electrons. The fraction of sp³-hybridized carbons (Fsp3) is 0.214. The number of amides is 3. The Kier molecular flexibility index (Phi) is 4.69. The number of carbonyl (C=O) groups is 2. The molecule has 9 nitrogen and oxygen atoms in total. The molecule has 1 heterocycles. The van der Waals surface area contributed by atoms with E-state index in [2.05, 4.69) is 15.6 Å². The van der Waals surface area contributed by atoms with Gasteiger partial charge in [0.1, 0.15) is 12.7 Å². The van der Waals surface area contributed by atoms with Crippen LogP contribution in [-0.2, 0) is 11.3 Å². The Hall–Kier alpha value is -3.23. The van der Waals surface area contributed by atoms with Gasteiger partial charge in [-0.25, -0.2) is 4.79 Å². The third kappa shape index (κ3) is 4.13. The van der Waals surface area contributed by atoms with Gasteiger partial charge in [0.25, 0.3) is 0 Å². The third-order valence-corrected chi connectivity index (χ3v) is 3.24. The van der Waals surface area contributed by atoms with Gasteiger partial charge in [-0.3, -0.25) is 10.1 Å². The van der Waals surface area contributed by atoms with Gasteiger partial charge >= 0.3 is 11.8 Å². The molecule has 3 amide bonds. The largest absolute Gasteiger partial charge is 0.381 e. The first-order chi connectivity index (χ1) is 10.9. The average molecular weight is 317 g/mol. The number of urea groups is 1. The maximum atomic E-state index is 11.8. The number of imide groups is 1. The quantitative estimate of drug-likeness (QED) is 0.657. The molecule has 0 atom stereocenters. The molecule has 0 bridgehead atoms. The van der Waals surface area contributed by atoms with Gasteiger partial charge in [0.2, 0.25) is 12.2 Å². The van der Waals surface area contributed by atoms with Gasteiger partial charge in [0.15, 0.2) is 0 Å². The molecule has 2 aromatic rings. The van der Waals surface area contributed by atoms with Gasteiger partial charge < -0.3 is 20.0 Å². The van der Waals surface area contributed by atoms with Gasteiger partial charge in [0.05, 0.1) is 0 Å². The molecule has 1 aromatic heterocycles. The van der Waals surface area contributed by atoms with E-state index >= 15 is 0 Å². The van der Waals surface area contributed by atoms with Crippen LogP contribution < -0.4 is 10.6 Å². The molecular formula is C14H15N5O4. The number of imidazole rings is 1. The Morgan fingerprint density at radius 1 is 1.35 bits per heavy atom. The van der Waals surface area contributed by atoms with Crippen molar-refractivity contribution in [2.24, 2.45) is 0 Å². The van der Waals surface area contributed by atoms with E-state index in [0.717, 1.165) is 23.7 Å². The van der Waals surface area contributed by atoms with Crippen molar-refractivity contribution in [3.63, 3.8) is 0 Å². The van der Waals surface area contributed by atoms with Crippen molar-refractivity contribution in [3.05, 3.63) is 52.0 Å². The van der Waals surface area contributed by atoms with Crippen LogP contribution in [0.3, 0.4) is 0 Å². The van der Waals surface area contributed by atoms with Crippen molar-refractivity contribution in [3.8, 4) is 0 Å². The zero-order valence-corrected chi connectivity index (χ0v) is 12.6. The van der Waals surface area contributed by atoms with Crippen molar-refractivity contribution in [2.45, 2.75) is 20.4 Å². The Bertz CT molecular complexity index is 768. The van der Waals surface area contributed by atoms with E-state index in [1.54, 1.807) is 12.1 Å². The highest BCUT2D eigenvalue weighted by Crippen LogP contribution is 2.17. The van der Waals surface area contributed by atoms with Crippen LogP contribution in [0, 0.1) is 24.0 Å². The first-order valence-electron chi connectivity index (χ1n) is 6.70. The number of anilines is 1. The summed E-state index contributed by atoms with van der Waals surface area (Å²) in [5, 5.41) is 15.2. The number of aryl methyl sites for hydroxylation is 1. The smallest absolute Gasteiger partial charge is 0.358 e. The number of hydrogen-bond acceptors (Lipinski definition) is 5. The van der Waals surface area contributed by atoms with Crippen molar-refractivity contribution in [1.82, 2.24) is 14.9 Å². The predicted octanol–water partition coefficient (Wildman–Crippen LogP) is 1.76. The molecule has 0 spiro atoms. The van der Waals surface area contributed by atoms with Gasteiger partial charge in [-0.1, -0.05) is 12.1 Å². The maximum absolute atomic E-state index is 11.8. The molecule has 2 rings (SSSR count). The Balaban J connectivity index is 1.93. The summed E-state index contributed by atoms with van der Waals surface area (Å²) in [6.07, 6.45) is 2.27. The highest BCUT2D eigenvalue weighted by atomic mass is 16.6. The Morgan fingerprint density at radius 2 is 2.09 bits per heavy atom. The lowest BCUT2D eigenvalue weighted by atomic mass is 10.1. The number of nitro groups is 1. The van der Waals surface area contributed by atoms with E-state index in [-0.39, 0.29) is 12.4 Å². The fourth-order valence-corrected chi connectivity index (χ4v) is 1.90. The molecule has 0 aliphatic rings. The zero-order chi connectivity index (χ0) is 17.0. The molecule has 0 saturated heterocycles. The molecule has 1 aromatic carbocycles. The standard InChI is InChI=1S/C14H15N5O4/c1-9-4-3-5-11(10(9)2)16-14(21)17-13(20)7-18-6-12(15-8-18)19(22)23/h3-6,8H,7H2,1-2H3,(H2,16,17,20,21). The summed E-state index contributed by atoms with van der Waals surface area (Å²) in [6.45, 7) is 3.52. The van der Waals surface area contributed by atoms with E-state index in [1.807, 2.05) is 19.9 Å². The Labute approximate surface area is 131 Å². The second-order valence-electron chi connectivity index (χ2n) is 4.91. The minimum Gasteiger partial charge on any atom is -0.358 e. The molecule has 23 heavy (non-hydrogen) atoms. The van der Waals surface area contributed by atoms with E-state index in [4.69, 9.17) is 0 Å². The van der Waals surface area contributed by atoms with E-state index in [9.17, 15) is 19.7 Å². The highest BCUT2D eigenvalue weighted by molar-refractivity contribution is 6.01. The van der Waals surface area contributed by atoms with Gasteiger partial charge in [0, 0.05) is 5.69 Å². The first kappa shape index (κ1) is 16.1. The molecule has 0 saturated carbocycles. The lowest BCUT2D eigenvalue weighted by molar-refractivity contribution is -0.389. The van der Waals surface area contributed by atoms with E-state index < -0.39 is 16.9 Å². The monoisotopic (exact) mass is 317 g/mol. The lowest BCUT2D eigenvalue weighted by Gasteiger charge is -2.10. The van der Waals surface area contributed by atoms with Crippen LogP contribution in [0.5, 0.6) is 0 Å². The molecule has 120 valence electrons. The number of nitrogens with one attached hydrogen (secondary N) is 2. The fourth-order valence-electron chi connectivity index (χ4n) is 1.90. The SMILES string of the molecule is Cc1cccc(NC(=O)NC(=O)Cn2cnc([N+](=O)[O-])c2)c1C. The number of hydrogen-bond donors (Lipinski definition) is 2. The third-order valence-electron chi connectivity index (χ3n) is 3.24. The van der Waals surface area contributed by atoms with Crippen LogP contribution in [-0.4, -0.2) is 26.4 Å². The summed E-state index contributed by atoms with van der Waals surface area (Å²) in [5.41, 5.74) is 2.52. The highest BCUT2D eigenvalue weighted by Gasteiger charge is 2.14.